The molecule has 8 nitrogen and oxygen atoms in total. The molecule has 2 rings (SSSR count). The van der Waals surface area contributed by atoms with E-state index in [2.05, 4.69) is 21.5 Å². The van der Waals surface area contributed by atoms with E-state index in [0.29, 0.717) is 21.5 Å². The molecule has 164 valence electrons. The van der Waals surface area contributed by atoms with Crippen molar-refractivity contribution < 1.29 is 19.1 Å². The van der Waals surface area contributed by atoms with Crippen LogP contribution < -0.4 is 26.2 Å². The van der Waals surface area contributed by atoms with Crippen molar-refractivity contribution in [2.24, 2.45) is 0 Å². The molecular formula is C20H20Cl2N4O4S. The first kappa shape index (κ1) is 24.4. The Morgan fingerprint density at radius 3 is 2.42 bits per heavy atom. The first-order valence-electron chi connectivity index (χ1n) is 9.06. The van der Waals surface area contributed by atoms with Crippen LogP contribution in [0.15, 0.2) is 42.5 Å². The summed E-state index contributed by atoms with van der Waals surface area (Å²) in [5.41, 5.74) is 6.08. The van der Waals surface area contributed by atoms with Gasteiger partial charge in [-0.15, -0.1) is 0 Å². The summed E-state index contributed by atoms with van der Waals surface area (Å²) in [6.07, 6.45) is -0.201. The highest BCUT2D eigenvalue weighted by Crippen LogP contribution is 2.25. The fraction of sp³-hybridized carbons (Fsp3) is 0.200. The number of anilines is 1. The molecule has 0 bridgehead atoms. The number of benzene rings is 2. The molecular weight excluding hydrogens is 463 g/mol. The van der Waals surface area contributed by atoms with Crippen molar-refractivity contribution in [1.82, 2.24) is 16.2 Å². The van der Waals surface area contributed by atoms with Crippen LogP contribution in [0.5, 0.6) is 5.75 Å². The van der Waals surface area contributed by atoms with Gasteiger partial charge in [0.15, 0.2) is 11.7 Å². The molecule has 0 aliphatic heterocycles. The van der Waals surface area contributed by atoms with Crippen molar-refractivity contribution in [1.29, 1.82) is 0 Å². The summed E-state index contributed by atoms with van der Waals surface area (Å²) < 4.78 is 5.36. The van der Waals surface area contributed by atoms with Crippen molar-refractivity contribution in [3.8, 4) is 5.75 Å². The van der Waals surface area contributed by atoms with E-state index < -0.39 is 17.7 Å². The molecule has 0 aromatic heterocycles. The number of nitrogens with one attached hydrogen (secondary N) is 4. The first-order valence-corrected chi connectivity index (χ1v) is 10.2. The van der Waals surface area contributed by atoms with Crippen molar-refractivity contribution in [3.63, 3.8) is 0 Å². The second-order valence-electron chi connectivity index (χ2n) is 6.33. The van der Waals surface area contributed by atoms with Gasteiger partial charge in [-0.2, -0.15) is 0 Å². The number of carbonyl (C=O) groups excluding carboxylic acids is 3. The molecule has 2 aromatic carbocycles. The maximum absolute atomic E-state index is 11.9. The molecule has 3 amide bonds. The quantitative estimate of drug-likeness (QED) is 0.356. The summed E-state index contributed by atoms with van der Waals surface area (Å²) in [6, 6.07) is 11.9. The normalized spacial score (nSPS) is 10.0. The van der Waals surface area contributed by atoms with E-state index in [9.17, 15) is 14.4 Å². The van der Waals surface area contributed by atoms with Crippen LogP contribution >= 0.6 is 35.4 Å². The Morgan fingerprint density at radius 1 is 0.968 bits per heavy atom. The van der Waals surface area contributed by atoms with Crippen LogP contribution in [0.1, 0.15) is 18.4 Å². The second kappa shape index (κ2) is 12.1. The maximum Gasteiger partial charge on any atom is 0.264 e. The highest BCUT2D eigenvalue weighted by molar-refractivity contribution is 7.80. The third-order valence-electron chi connectivity index (χ3n) is 3.71. The Balaban J connectivity index is 1.64. The Bertz CT molecular complexity index is 987. The van der Waals surface area contributed by atoms with Gasteiger partial charge in [0.1, 0.15) is 5.75 Å². The number of amides is 3. The van der Waals surface area contributed by atoms with E-state index in [-0.39, 0.29) is 24.6 Å². The molecule has 11 heteroatoms. The van der Waals surface area contributed by atoms with Crippen LogP contribution in [0.2, 0.25) is 10.0 Å². The highest BCUT2D eigenvalue weighted by atomic mass is 35.5. The molecule has 0 atom stereocenters. The fourth-order valence-electron chi connectivity index (χ4n) is 2.27. The van der Waals surface area contributed by atoms with Crippen LogP contribution in [-0.2, 0) is 14.4 Å². The number of ether oxygens (including phenoxy) is 1. The van der Waals surface area contributed by atoms with Gasteiger partial charge < -0.3 is 10.1 Å². The van der Waals surface area contributed by atoms with Crippen molar-refractivity contribution in [2.45, 2.75) is 19.8 Å². The number of hydrogen-bond acceptors (Lipinski definition) is 5. The predicted molar refractivity (Wildman–Crippen MR) is 123 cm³/mol. The predicted octanol–water partition coefficient (Wildman–Crippen LogP) is 3.12. The zero-order valence-corrected chi connectivity index (χ0v) is 18.8. The Hall–Kier alpha value is -2.88. The highest BCUT2D eigenvalue weighted by Gasteiger charge is 2.11. The minimum Gasteiger partial charge on any atom is -0.484 e. The van der Waals surface area contributed by atoms with E-state index in [1.165, 1.54) is 6.07 Å². The standard InChI is InChI=1S/C20H20Cl2N4O4S/c1-12-3-2-4-14(9-12)30-11-19(29)24-20(31)26-25-18(28)8-7-17(27)23-16-6-5-13(21)10-15(16)22/h2-6,9-10H,7-8,11H2,1H3,(H,23,27)(H,25,28)(H2,24,26,29,31). The number of hydrazine groups is 1. The summed E-state index contributed by atoms with van der Waals surface area (Å²) in [5, 5.41) is 5.58. The molecule has 0 saturated carbocycles. The molecule has 0 heterocycles. The van der Waals surface area contributed by atoms with Gasteiger partial charge in [-0.3, -0.25) is 30.6 Å². The summed E-state index contributed by atoms with van der Waals surface area (Å²) in [7, 11) is 0. The first-order chi connectivity index (χ1) is 14.7. The van der Waals surface area contributed by atoms with Gasteiger partial charge >= 0.3 is 0 Å². The van der Waals surface area contributed by atoms with E-state index in [0.717, 1.165) is 5.56 Å². The molecule has 0 fully saturated rings. The number of aryl methyl sites for hydroxylation is 1. The lowest BCUT2D eigenvalue weighted by Gasteiger charge is -2.12. The van der Waals surface area contributed by atoms with Crippen LogP contribution in [0.3, 0.4) is 0 Å². The molecule has 2 aromatic rings. The lowest BCUT2D eigenvalue weighted by atomic mass is 10.2. The number of rotatable bonds is 7. The summed E-state index contributed by atoms with van der Waals surface area (Å²) >= 11 is 16.7. The Morgan fingerprint density at radius 2 is 1.71 bits per heavy atom. The van der Waals surface area contributed by atoms with Gasteiger partial charge in [0, 0.05) is 17.9 Å². The SMILES string of the molecule is Cc1cccc(OCC(=O)NC(=S)NNC(=O)CCC(=O)Nc2ccc(Cl)cc2Cl)c1. The average molecular weight is 483 g/mol. The van der Waals surface area contributed by atoms with E-state index in [1.54, 1.807) is 24.3 Å². The lowest BCUT2D eigenvalue weighted by Crippen LogP contribution is -2.49. The fourth-order valence-corrected chi connectivity index (χ4v) is 2.89. The van der Waals surface area contributed by atoms with E-state index in [4.69, 9.17) is 40.2 Å². The molecule has 0 radical (unpaired) electrons. The smallest absolute Gasteiger partial charge is 0.264 e. The van der Waals surface area contributed by atoms with E-state index in [1.807, 2.05) is 19.1 Å². The molecule has 0 saturated heterocycles. The van der Waals surface area contributed by atoms with Gasteiger partial charge in [0.25, 0.3) is 5.91 Å². The minimum atomic E-state index is -0.495. The summed E-state index contributed by atoms with van der Waals surface area (Å²) in [6.45, 7) is 1.66. The monoisotopic (exact) mass is 482 g/mol. The molecule has 31 heavy (non-hydrogen) atoms. The number of thiocarbonyl (C=S) groups is 1. The molecule has 0 spiro atoms. The lowest BCUT2D eigenvalue weighted by molar-refractivity contribution is -0.125. The van der Waals surface area contributed by atoms with Crippen LogP contribution in [0.4, 0.5) is 5.69 Å². The zero-order valence-electron chi connectivity index (χ0n) is 16.5. The average Bonchev–Trinajstić information content (AvgIpc) is 2.71. The minimum absolute atomic E-state index is 0.0874. The molecule has 0 aliphatic carbocycles. The molecule has 0 unspecified atom stereocenters. The van der Waals surface area contributed by atoms with Gasteiger partial charge in [0.2, 0.25) is 11.8 Å². The largest absolute Gasteiger partial charge is 0.484 e. The van der Waals surface area contributed by atoms with Gasteiger partial charge in [-0.25, -0.2) is 0 Å². The third-order valence-corrected chi connectivity index (χ3v) is 4.46. The van der Waals surface area contributed by atoms with Crippen molar-refractivity contribution in [3.05, 3.63) is 58.1 Å². The van der Waals surface area contributed by atoms with Gasteiger partial charge in [0.05, 0.1) is 10.7 Å². The van der Waals surface area contributed by atoms with Crippen LogP contribution in [-0.4, -0.2) is 29.4 Å². The van der Waals surface area contributed by atoms with Crippen molar-refractivity contribution >= 4 is 63.9 Å². The van der Waals surface area contributed by atoms with E-state index >= 15 is 0 Å². The summed E-state index contributed by atoms with van der Waals surface area (Å²) in [5.74, 6) is -0.832. The molecule has 0 aliphatic rings. The Kier molecular flexibility index (Phi) is 9.51. The van der Waals surface area contributed by atoms with Crippen molar-refractivity contribution in [2.75, 3.05) is 11.9 Å². The maximum atomic E-state index is 11.9. The summed E-state index contributed by atoms with van der Waals surface area (Å²) in [4.78, 5) is 35.6. The van der Waals surface area contributed by atoms with Crippen LogP contribution in [0.25, 0.3) is 0 Å². The Labute approximate surface area is 194 Å². The number of hydrogen-bond donors (Lipinski definition) is 4. The second-order valence-corrected chi connectivity index (χ2v) is 7.58. The topological polar surface area (TPSA) is 109 Å². The van der Waals surface area contributed by atoms with Gasteiger partial charge in [-0.05, 0) is 55.0 Å². The number of carbonyl (C=O) groups is 3. The third kappa shape index (κ3) is 9.20. The van der Waals surface area contributed by atoms with Gasteiger partial charge in [-0.1, -0.05) is 35.3 Å². The van der Waals surface area contributed by atoms with Crippen LogP contribution in [0, 0.1) is 6.92 Å². The molecule has 4 N–H and O–H groups in total. The zero-order chi connectivity index (χ0) is 22.8. The number of halogens is 2.